The van der Waals surface area contributed by atoms with Gasteiger partial charge < -0.3 is 10.5 Å². The molecule has 0 atom stereocenters. The molecule has 2 rings (SSSR count). The van der Waals surface area contributed by atoms with Gasteiger partial charge in [0.2, 0.25) is 0 Å². The minimum Gasteiger partial charge on any atom is -0.457 e. The molecule has 0 bridgehead atoms. The molecule has 0 aliphatic rings. The molecule has 0 aromatic heterocycles. The first-order chi connectivity index (χ1) is 9.47. The molecule has 6 heteroatoms. The Morgan fingerprint density at radius 1 is 1.15 bits per heavy atom. The van der Waals surface area contributed by atoms with Gasteiger partial charge >= 0.3 is 5.97 Å². The van der Waals surface area contributed by atoms with E-state index in [1.165, 1.54) is 24.3 Å². The van der Waals surface area contributed by atoms with Crippen LogP contribution in [0, 0.1) is 11.6 Å². The number of ether oxygens (including phenoxy) is 1. The Balaban J connectivity index is 2.10. The van der Waals surface area contributed by atoms with Crippen molar-refractivity contribution < 1.29 is 18.3 Å². The average Bonchev–Trinajstić information content (AvgIpc) is 2.39. The molecule has 0 heterocycles. The maximum atomic E-state index is 13.1. The summed E-state index contributed by atoms with van der Waals surface area (Å²) in [6, 6.07) is 7.46. The van der Waals surface area contributed by atoms with Crippen LogP contribution in [0.15, 0.2) is 40.9 Å². The molecule has 0 saturated carbocycles. The number of nitrogens with two attached hydrogens (primary N) is 1. The lowest BCUT2D eigenvalue weighted by atomic mass is 10.2. The third kappa shape index (κ3) is 3.33. The maximum absolute atomic E-state index is 13.1. The van der Waals surface area contributed by atoms with Gasteiger partial charge in [0.1, 0.15) is 18.2 Å². The number of esters is 1. The molecule has 20 heavy (non-hydrogen) atoms. The van der Waals surface area contributed by atoms with Crippen molar-refractivity contribution in [3.8, 4) is 0 Å². The zero-order valence-corrected chi connectivity index (χ0v) is 11.8. The van der Waals surface area contributed by atoms with Crippen molar-refractivity contribution in [2.45, 2.75) is 6.61 Å². The largest absolute Gasteiger partial charge is 0.457 e. The number of rotatable bonds is 3. The highest BCUT2D eigenvalue weighted by molar-refractivity contribution is 9.10. The van der Waals surface area contributed by atoms with E-state index in [-0.39, 0.29) is 17.9 Å². The van der Waals surface area contributed by atoms with Crippen LogP contribution in [0.2, 0.25) is 0 Å². The summed E-state index contributed by atoms with van der Waals surface area (Å²) < 4.78 is 31.6. The highest BCUT2D eigenvalue weighted by Crippen LogP contribution is 2.20. The molecule has 104 valence electrons. The number of carbonyl (C=O) groups excluding carboxylic acids is 1. The number of anilines is 1. The summed E-state index contributed by atoms with van der Waals surface area (Å²) in [6.07, 6.45) is 0. The van der Waals surface area contributed by atoms with E-state index >= 15 is 0 Å². The molecular weight excluding hydrogens is 332 g/mol. The fourth-order valence-electron chi connectivity index (χ4n) is 1.59. The Morgan fingerprint density at radius 3 is 2.50 bits per heavy atom. The zero-order valence-electron chi connectivity index (χ0n) is 10.2. The van der Waals surface area contributed by atoms with Gasteiger partial charge in [-0.25, -0.2) is 13.6 Å². The van der Waals surface area contributed by atoms with Gasteiger partial charge in [-0.2, -0.15) is 0 Å². The number of hydrogen-bond acceptors (Lipinski definition) is 3. The van der Waals surface area contributed by atoms with E-state index in [9.17, 15) is 13.6 Å². The quantitative estimate of drug-likeness (QED) is 0.684. The van der Waals surface area contributed by atoms with E-state index < -0.39 is 17.6 Å². The van der Waals surface area contributed by atoms with E-state index in [0.717, 1.165) is 12.1 Å². The van der Waals surface area contributed by atoms with E-state index in [2.05, 4.69) is 15.9 Å². The van der Waals surface area contributed by atoms with Crippen LogP contribution < -0.4 is 5.73 Å². The SMILES string of the molecule is Nc1cc(F)ccc1C(=O)OCc1cc(F)ccc1Br. The molecule has 3 nitrogen and oxygen atoms in total. The van der Waals surface area contributed by atoms with Crippen LogP contribution in [0.1, 0.15) is 15.9 Å². The first kappa shape index (κ1) is 14.5. The van der Waals surface area contributed by atoms with Crippen molar-refractivity contribution in [2.75, 3.05) is 5.73 Å². The summed E-state index contributed by atoms with van der Waals surface area (Å²) >= 11 is 3.23. The first-order valence-corrected chi connectivity index (χ1v) is 6.43. The Morgan fingerprint density at radius 2 is 1.80 bits per heavy atom. The predicted molar refractivity (Wildman–Crippen MR) is 74.0 cm³/mol. The van der Waals surface area contributed by atoms with Crippen molar-refractivity contribution in [2.24, 2.45) is 0 Å². The van der Waals surface area contributed by atoms with Crippen molar-refractivity contribution in [3.05, 3.63) is 63.6 Å². The second-order valence-electron chi connectivity index (χ2n) is 4.04. The van der Waals surface area contributed by atoms with Gasteiger partial charge in [0, 0.05) is 15.7 Å². The standard InChI is InChI=1S/C14H10BrF2NO2/c15-12-4-2-9(16)5-8(12)7-20-14(19)11-3-1-10(17)6-13(11)18/h1-6H,7,18H2. The Hall–Kier alpha value is -1.95. The molecule has 0 aliphatic heterocycles. The topological polar surface area (TPSA) is 52.3 Å². The highest BCUT2D eigenvalue weighted by Gasteiger charge is 2.13. The van der Waals surface area contributed by atoms with Gasteiger partial charge in [-0.3, -0.25) is 0 Å². The van der Waals surface area contributed by atoms with Crippen molar-refractivity contribution in [1.29, 1.82) is 0 Å². The summed E-state index contributed by atoms with van der Waals surface area (Å²) in [5, 5.41) is 0. The van der Waals surface area contributed by atoms with E-state index in [1.807, 2.05) is 0 Å². The van der Waals surface area contributed by atoms with E-state index in [1.54, 1.807) is 0 Å². The lowest BCUT2D eigenvalue weighted by Crippen LogP contribution is -2.09. The second-order valence-corrected chi connectivity index (χ2v) is 4.90. The van der Waals surface area contributed by atoms with Crippen molar-refractivity contribution in [1.82, 2.24) is 0 Å². The molecule has 2 N–H and O–H groups in total. The highest BCUT2D eigenvalue weighted by atomic mass is 79.9. The molecule has 2 aromatic rings. The smallest absolute Gasteiger partial charge is 0.340 e. The van der Waals surface area contributed by atoms with Gasteiger partial charge in [0.05, 0.1) is 5.56 Å². The summed E-state index contributed by atoms with van der Waals surface area (Å²) in [6.45, 7) is -0.117. The second kappa shape index (κ2) is 6.00. The van der Waals surface area contributed by atoms with Gasteiger partial charge in [0.25, 0.3) is 0 Å². The number of halogens is 3. The predicted octanol–water partition coefficient (Wildman–Crippen LogP) is 3.67. The molecule has 0 saturated heterocycles. The van der Waals surface area contributed by atoms with Crippen LogP contribution in [0.4, 0.5) is 14.5 Å². The third-order valence-electron chi connectivity index (χ3n) is 2.60. The Labute approximate surface area is 122 Å². The minimum atomic E-state index is -0.696. The van der Waals surface area contributed by atoms with Crippen LogP contribution in [0.25, 0.3) is 0 Å². The van der Waals surface area contributed by atoms with Gasteiger partial charge in [-0.1, -0.05) is 15.9 Å². The molecule has 0 radical (unpaired) electrons. The van der Waals surface area contributed by atoms with Gasteiger partial charge in [0.15, 0.2) is 0 Å². The number of nitrogen functional groups attached to an aromatic ring is 1. The monoisotopic (exact) mass is 341 g/mol. The van der Waals surface area contributed by atoms with Crippen LogP contribution in [-0.4, -0.2) is 5.97 Å². The van der Waals surface area contributed by atoms with Crippen molar-refractivity contribution >= 4 is 27.6 Å². The number of benzene rings is 2. The van der Waals surface area contributed by atoms with E-state index in [4.69, 9.17) is 10.5 Å². The molecule has 0 amide bonds. The lowest BCUT2D eigenvalue weighted by Gasteiger charge is -2.08. The first-order valence-electron chi connectivity index (χ1n) is 5.63. The average molecular weight is 342 g/mol. The molecule has 0 unspecified atom stereocenters. The normalized spacial score (nSPS) is 10.3. The molecule has 0 spiro atoms. The Kier molecular flexibility index (Phi) is 4.34. The third-order valence-corrected chi connectivity index (χ3v) is 3.37. The van der Waals surface area contributed by atoms with E-state index in [0.29, 0.717) is 10.0 Å². The van der Waals surface area contributed by atoms with Crippen LogP contribution in [0.5, 0.6) is 0 Å². The molecule has 0 aliphatic carbocycles. The van der Waals surface area contributed by atoms with Gasteiger partial charge in [-0.05, 0) is 36.4 Å². The molecular formula is C14H10BrF2NO2. The van der Waals surface area contributed by atoms with Crippen LogP contribution in [-0.2, 0) is 11.3 Å². The minimum absolute atomic E-state index is 0.00620. The molecule has 2 aromatic carbocycles. The van der Waals surface area contributed by atoms with Crippen LogP contribution in [0.3, 0.4) is 0 Å². The Bertz CT molecular complexity index is 662. The van der Waals surface area contributed by atoms with Gasteiger partial charge in [-0.15, -0.1) is 0 Å². The maximum Gasteiger partial charge on any atom is 0.340 e. The summed E-state index contributed by atoms with van der Waals surface area (Å²) in [7, 11) is 0. The lowest BCUT2D eigenvalue weighted by molar-refractivity contribution is 0.0473. The zero-order chi connectivity index (χ0) is 14.7. The van der Waals surface area contributed by atoms with Crippen LogP contribution >= 0.6 is 15.9 Å². The number of hydrogen-bond donors (Lipinski definition) is 1. The summed E-state index contributed by atoms with van der Waals surface area (Å²) in [5.74, 6) is -1.66. The fraction of sp³-hybridized carbons (Fsp3) is 0.0714. The molecule has 0 fully saturated rings. The number of carbonyl (C=O) groups is 1. The van der Waals surface area contributed by atoms with Crippen molar-refractivity contribution in [3.63, 3.8) is 0 Å². The summed E-state index contributed by atoms with van der Waals surface area (Å²) in [4.78, 5) is 11.8. The fourth-order valence-corrected chi connectivity index (χ4v) is 1.96. The summed E-state index contributed by atoms with van der Waals surface area (Å²) in [5.41, 5.74) is 6.08.